The fourth-order valence-electron chi connectivity index (χ4n) is 2.49. The van der Waals surface area contributed by atoms with Crippen molar-refractivity contribution in [2.75, 3.05) is 19.0 Å². The lowest BCUT2D eigenvalue weighted by Gasteiger charge is -2.10. The van der Waals surface area contributed by atoms with E-state index in [2.05, 4.69) is 5.32 Å². The van der Waals surface area contributed by atoms with Gasteiger partial charge in [0.05, 0.1) is 12.7 Å². The third-order valence-electron chi connectivity index (χ3n) is 4.01. The van der Waals surface area contributed by atoms with Crippen molar-refractivity contribution in [2.45, 2.75) is 25.4 Å². The molecule has 6 nitrogen and oxygen atoms in total. The molecule has 2 aromatic carbocycles. The molecule has 1 N–H and O–H groups in total. The highest BCUT2D eigenvalue weighted by atomic mass is 19.4. The zero-order chi connectivity index (χ0) is 22.1. The Labute approximate surface area is 171 Å². The van der Waals surface area contributed by atoms with Gasteiger partial charge in [-0.05, 0) is 36.8 Å². The van der Waals surface area contributed by atoms with Crippen molar-refractivity contribution in [3.8, 4) is 5.75 Å². The number of carbonyl (C=O) groups excluding carboxylic acids is 3. The van der Waals surface area contributed by atoms with Crippen molar-refractivity contribution in [1.29, 1.82) is 0 Å². The second-order valence-corrected chi connectivity index (χ2v) is 6.30. The van der Waals surface area contributed by atoms with Crippen molar-refractivity contribution >= 4 is 23.3 Å². The van der Waals surface area contributed by atoms with Crippen LogP contribution in [0.4, 0.5) is 18.9 Å². The van der Waals surface area contributed by atoms with E-state index in [1.807, 2.05) is 0 Å². The van der Waals surface area contributed by atoms with Gasteiger partial charge >= 0.3 is 12.1 Å². The maximum atomic E-state index is 12.7. The molecule has 0 saturated heterocycles. The Morgan fingerprint density at radius 2 is 1.73 bits per heavy atom. The lowest BCUT2D eigenvalue weighted by atomic mass is 10.1. The summed E-state index contributed by atoms with van der Waals surface area (Å²) >= 11 is 0. The highest BCUT2D eigenvalue weighted by molar-refractivity contribution is 5.98. The lowest BCUT2D eigenvalue weighted by molar-refractivity contribution is -0.142. The van der Waals surface area contributed by atoms with Gasteiger partial charge in [0, 0.05) is 24.1 Å². The molecule has 0 saturated carbocycles. The first kappa shape index (κ1) is 22.9. The summed E-state index contributed by atoms with van der Waals surface area (Å²) in [4.78, 5) is 35.6. The molecule has 2 rings (SSSR count). The zero-order valence-electron chi connectivity index (χ0n) is 16.1. The van der Waals surface area contributed by atoms with Crippen LogP contribution in [0.15, 0.2) is 48.5 Å². The minimum atomic E-state index is -4.51. The van der Waals surface area contributed by atoms with Gasteiger partial charge in [-0.25, -0.2) is 0 Å². The summed E-state index contributed by atoms with van der Waals surface area (Å²) in [6, 6.07) is 10.7. The molecule has 0 aliphatic heterocycles. The molecule has 160 valence electrons. The third kappa shape index (κ3) is 7.23. The summed E-state index contributed by atoms with van der Waals surface area (Å²) in [6.07, 6.45) is -4.58. The monoisotopic (exact) mass is 423 g/mol. The van der Waals surface area contributed by atoms with E-state index in [9.17, 15) is 27.6 Å². The van der Waals surface area contributed by atoms with Crippen LogP contribution in [0.25, 0.3) is 0 Å². The Hall–Kier alpha value is -3.36. The Morgan fingerprint density at radius 3 is 2.43 bits per heavy atom. The van der Waals surface area contributed by atoms with E-state index in [-0.39, 0.29) is 24.9 Å². The number of hydrogen-bond donors (Lipinski definition) is 1. The molecule has 0 aromatic heterocycles. The van der Waals surface area contributed by atoms with Gasteiger partial charge in [0.15, 0.2) is 12.4 Å². The molecule has 0 radical (unpaired) electrons. The van der Waals surface area contributed by atoms with E-state index in [0.717, 1.165) is 12.1 Å². The predicted molar refractivity (Wildman–Crippen MR) is 102 cm³/mol. The van der Waals surface area contributed by atoms with E-state index in [0.29, 0.717) is 11.3 Å². The standard InChI is InChI=1S/C21H20F3NO5/c1-29-17-8-2-5-14(11-17)18(26)13-30-20(28)10-4-9-19(27)25-16-7-3-6-15(12-16)21(22,23)24/h2-3,5-8,11-12H,4,9-10,13H2,1H3,(H,25,27). The number of ketones is 1. The van der Waals surface area contributed by atoms with E-state index >= 15 is 0 Å². The SMILES string of the molecule is COc1cccc(C(=O)COC(=O)CCCC(=O)Nc2cccc(C(F)(F)F)c2)c1. The van der Waals surface area contributed by atoms with Gasteiger partial charge in [-0.15, -0.1) is 0 Å². The molecular weight excluding hydrogens is 403 g/mol. The average molecular weight is 423 g/mol. The van der Waals surface area contributed by atoms with Crippen LogP contribution in [0, 0.1) is 0 Å². The van der Waals surface area contributed by atoms with Crippen LogP contribution in [0.3, 0.4) is 0 Å². The molecule has 0 atom stereocenters. The van der Waals surface area contributed by atoms with Crippen LogP contribution in [0.1, 0.15) is 35.2 Å². The summed E-state index contributed by atoms with van der Waals surface area (Å²) < 4.78 is 48.0. The number of amides is 1. The van der Waals surface area contributed by atoms with Gasteiger partial charge in [0.2, 0.25) is 5.91 Å². The molecule has 2 aromatic rings. The van der Waals surface area contributed by atoms with Gasteiger partial charge < -0.3 is 14.8 Å². The minimum Gasteiger partial charge on any atom is -0.497 e. The van der Waals surface area contributed by atoms with Crippen molar-refractivity contribution in [2.24, 2.45) is 0 Å². The Balaban J connectivity index is 1.72. The number of anilines is 1. The van der Waals surface area contributed by atoms with Gasteiger partial charge in [-0.3, -0.25) is 14.4 Å². The van der Waals surface area contributed by atoms with E-state index in [1.54, 1.807) is 18.2 Å². The van der Waals surface area contributed by atoms with Gasteiger partial charge in [-0.2, -0.15) is 13.2 Å². The molecule has 30 heavy (non-hydrogen) atoms. The number of rotatable bonds is 9. The zero-order valence-corrected chi connectivity index (χ0v) is 16.1. The van der Waals surface area contributed by atoms with Gasteiger partial charge in [0.25, 0.3) is 0 Å². The highest BCUT2D eigenvalue weighted by Gasteiger charge is 2.30. The van der Waals surface area contributed by atoms with Crippen LogP contribution >= 0.6 is 0 Å². The lowest BCUT2D eigenvalue weighted by Crippen LogP contribution is -2.16. The smallest absolute Gasteiger partial charge is 0.416 e. The number of benzene rings is 2. The summed E-state index contributed by atoms with van der Waals surface area (Å²) in [5.74, 6) is -1.09. The Morgan fingerprint density at radius 1 is 1.00 bits per heavy atom. The first-order valence-electron chi connectivity index (χ1n) is 8.99. The summed E-state index contributed by atoms with van der Waals surface area (Å²) in [7, 11) is 1.47. The fourth-order valence-corrected chi connectivity index (χ4v) is 2.49. The van der Waals surface area contributed by atoms with Gasteiger partial charge in [0.1, 0.15) is 5.75 Å². The van der Waals surface area contributed by atoms with Crippen LogP contribution in [0.5, 0.6) is 5.75 Å². The van der Waals surface area contributed by atoms with Crippen molar-refractivity contribution in [1.82, 2.24) is 0 Å². The number of ether oxygens (including phenoxy) is 2. The first-order valence-corrected chi connectivity index (χ1v) is 8.99. The summed E-state index contributed by atoms with van der Waals surface area (Å²) in [6.45, 7) is -0.442. The molecule has 0 heterocycles. The largest absolute Gasteiger partial charge is 0.497 e. The maximum Gasteiger partial charge on any atom is 0.416 e. The molecule has 0 bridgehead atoms. The van der Waals surface area contributed by atoms with E-state index in [4.69, 9.17) is 9.47 Å². The van der Waals surface area contributed by atoms with Crippen LogP contribution < -0.4 is 10.1 Å². The molecule has 0 spiro atoms. The molecule has 0 fully saturated rings. The molecule has 0 aliphatic carbocycles. The molecule has 1 amide bonds. The molecule has 0 aliphatic rings. The van der Waals surface area contributed by atoms with Crippen LogP contribution in [-0.4, -0.2) is 31.4 Å². The van der Waals surface area contributed by atoms with E-state index in [1.165, 1.54) is 25.3 Å². The number of carbonyl (C=O) groups is 3. The number of Topliss-reactive ketones (excluding diaryl/α,β-unsaturated/α-hetero) is 1. The number of hydrogen-bond acceptors (Lipinski definition) is 5. The maximum absolute atomic E-state index is 12.7. The normalized spacial score (nSPS) is 10.9. The Bertz CT molecular complexity index is 912. The van der Waals surface area contributed by atoms with Crippen molar-refractivity contribution in [3.63, 3.8) is 0 Å². The number of nitrogens with one attached hydrogen (secondary N) is 1. The number of esters is 1. The second-order valence-electron chi connectivity index (χ2n) is 6.30. The molecule has 9 heteroatoms. The van der Waals surface area contributed by atoms with E-state index < -0.39 is 36.0 Å². The quantitative estimate of drug-likeness (QED) is 0.482. The summed E-state index contributed by atoms with van der Waals surface area (Å²) in [5.41, 5.74) is -0.520. The van der Waals surface area contributed by atoms with Crippen LogP contribution in [-0.2, 0) is 20.5 Å². The molecular formula is C21H20F3NO5. The molecule has 0 unspecified atom stereocenters. The number of halogens is 3. The van der Waals surface area contributed by atoms with Crippen molar-refractivity contribution in [3.05, 3.63) is 59.7 Å². The third-order valence-corrected chi connectivity index (χ3v) is 4.01. The Kier molecular flexibility index (Phi) is 7.97. The van der Waals surface area contributed by atoms with Crippen LogP contribution in [0.2, 0.25) is 0 Å². The number of methoxy groups -OCH3 is 1. The predicted octanol–water partition coefficient (Wildman–Crippen LogP) is 4.25. The number of alkyl halides is 3. The summed E-state index contributed by atoms with van der Waals surface area (Å²) in [5, 5.41) is 2.35. The highest BCUT2D eigenvalue weighted by Crippen LogP contribution is 2.30. The fraction of sp³-hybridized carbons (Fsp3) is 0.286. The van der Waals surface area contributed by atoms with Crippen molar-refractivity contribution < 1.29 is 37.0 Å². The minimum absolute atomic E-state index is 0.0151. The second kappa shape index (κ2) is 10.4. The van der Waals surface area contributed by atoms with Gasteiger partial charge in [-0.1, -0.05) is 18.2 Å². The topological polar surface area (TPSA) is 81.7 Å². The first-order chi connectivity index (χ1) is 14.2. The average Bonchev–Trinajstić information content (AvgIpc) is 2.71.